The number of halogens is 1. The summed E-state index contributed by atoms with van der Waals surface area (Å²) in [7, 11) is 0. The standard InChI is InChI=1S/C20H22BrN3O/c1-14-13-20(2,3)24-19(25)22(17-7-5-4-6-8-17)18(23(14)24)15-9-11-16(21)12-10-15/h4-12,14,18H,13H2,1-3H3/t14-,18+/m0/s1. The summed E-state index contributed by atoms with van der Waals surface area (Å²) in [6, 6.07) is 18.6. The molecule has 0 unspecified atom stereocenters. The second kappa shape index (κ2) is 5.85. The van der Waals surface area contributed by atoms with Crippen molar-refractivity contribution < 1.29 is 4.79 Å². The summed E-state index contributed by atoms with van der Waals surface area (Å²) in [4.78, 5) is 15.3. The number of anilines is 1. The molecule has 130 valence electrons. The highest BCUT2D eigenvalue weighted by molar-refractivity contribution is 9.10. The summed E-state index contributed by atoms with van der Waals surface area (Å²) in [5.41, 5.74) is 1.86. The van der Waals surface area contributed by atoms with Crippen LogP contribution < -0.4 is 4.90 Å². The van der Waals surface area contributed by atoms with E-state index in [-0.39, 0.29) is 17.7 Å². The van der Waals surface area contributed by atoms with E-state index in [1.54, 1.807) is 0 Å². The Morgan fingerprint density at radius 2 is 1.68 bits per heavy atom. The fourth-order valence-electron chi connectivity index (χ4n) is 4.22. The number of hydrazine groups is 1. The Morgan fingerprint density at radius 1 is 1.04 bits per heavy atom. The van der Waals surface area contributed by atoms with E-state index < -0.39 is 0 Å². The zero-order valence-corrected chi connectivity index (χ0v) is 16.3. The number of fused-ring (bicyclic) bond motifs is 1. The van der Waals surface area contributed by atoms with Gasteiger partial charge in [-0.25, -0.2) is 9.80 Å². The molecule has 0 bridgehead atoms. The number of benzene rings is 2. The molecule has 2 atom stereocenters. The van der Waals surface area contributed by atoms with Crippen molar-refractivity contribution in [1.82, 2.24) is 10.0 Å². The van der Waals surface area contributed by atoms with Gasteiger partial charge in [0, 0.05) is 16.2 Å². The highest BCUT2D eigenvalue weighted by atomic mass is 79.9. The Hall–Kier alpha value is -1.85. The first-order chi connectivity index (χ1) is 11.9. The molecule has 2 aromatic rings. The molecule has 0 N–H and O–H groups in total. The third-order valence-corrected chi connectivity index (χ3v) is 5.66. The number of para-hydroxylation sites is 1. The van der Waals surface area contributed by atoms with E-state index in [2.05, 4.69) is 53.8 Å². The predicted octanol–water partition coefficient (Wildman–Crippen LogP) is 5.18. The van der Waals surface area contributed by atoms with E-state index in [4.69, 9.17) is 0 Å². The van der Waals surface area contributed by atoms with Crippen LogP contribution in [0.25, 0.3) is 0 Å². The lowest BCUT2D eigenvalue weighted by molar-refractivity contribution is -0.000391. The minimum Gasteiger partial charge on any atom is -0.271 e. The molecule has 2 aliphatic rings. The van der Waals surface area contributed by atoms with Crippen molar-refractivity contribution in [2.45, 2.75) is 44.9 Å². The number of hydrogen-bond acceptors (Lipinski definition) is 2. The molecular formula is C20H22BrN3O. The van der Waals surface area contributed by atoms with E-state index in [0.717, 1.165) is 22.1 Å². The van der Waals surface area contributed by atoms with Crippen LogP contribution in [0.5, 0.6) is 0 Å². The molecule has 5 heteroatoms. The van der Waals surface area contributed by atoms with Crippen LogP contribution in [0.4, 0.5) is 10.5 Å². The highest BCUT2D eigenvalue weighted by Gasteiger charge is 2.57. The van der Waals surface area contributed by atoms with Gasteiger partial charge in [0.15, 0.2) is 0 Å². The fourth-order valence-corrected chi connectivity index (χ4v) is 4.49. The molecule has 0 spiro atoms. The molecule has 25 heavy (non-hydrogen) atoms. The Labute approximate surface area is 157 Å². The van der Waals surface area contributed by atoms with Crippen molar-refractivity contribution in [2.24, 2.45) is 0 Å². The van der Waals surface area contributed by atoms with Gasteiger partial charge in [-0.2, -0.15) is 5.01 Å². The average molecular weight is 400 g/mol. The summed E-state index contributed by atoms with van der Waals surface area (Å²) in [6.07, 6.45) is 0.841. The molecule has 0 aromatic heterocycles. The quantitative estimate of drug-likeness (QED) is 0.695. The Bertz CT molecular complexity index is 790. The maximum Gasteiger partial charge on any atom is 0.341 e. The number of nitrogens with zero attached hydrogens (tertiary/aromatic N) is 3. The molecule has 2 aromatic carbocycles. The lowest BCUT2D eigenvalue weighted by Crippen LogP contribution is -2.45. The van der Waals surface area contributed by atoms with Crippen LogP contribution in [0.1, 0.15) is 38.9 Å². The Kier molecular flexibility index (Phi) is 3.89. The lowest BCUT2D eigenvalue weighted by atomic mass is 9.98. The summed E-state index contributed by atoms with van der Waals surface area (Å²) >= 11 is 3.51. The third kappa shape index (κ3) is 2.57. The molecule has 2 heterocycles. The molecular weight excluding hydrogens is 378 g/mol. The fraction of sp³-hybridized carbons (Fsp3) is 0.350. The molecule has 2 amide bonds. The largest absolute Gasteiger partial charge is 0.341 e. The molecule has 4 nitrogen and oxygen atoms in total. The van der Waals surface area contributed by atoms with E-state index in [1.807, 2.05) is 52.4 Å². The maximum atomic E-state index is 13.4. The average Bonchev–Trinajstić information content (AvgIpc) is 3.02. The minimum atomic E-state index is -0.187. The van der Waals surface area contributed by atoms with Gasteiger partial charge in [0.1, 0.15) is 6.17 Å². The second-order valence-electron chi connectivity index (χ2n) is 7.47. The summed E-state index contributed by atoms with van der Waals surface area (Å²) in [5.74, 6) is 0. The first-order valence-electron chi connectivity index (χ1n) is 8.62. The van der Waals surface area contributed by atoms with Crippen molar-refractivity contribution in [3.63, 3.8) is 0 Å². The van der Waals surface area contributed by atoms with Crippen molar-refractivity contribution >= 4 is 27.6 Å². The van der Waals surface area contributed by atoms with Crippen LogP contribution in [0, 0.1) is 0 Å². The molecule has 4 rings (SSSR count). The number of amides is 2. The number of rotatable bonds is 2. The summed E-state index contributed by atoms with van der Waals surface area (Å²) < 4.78 is 1.04. The lowest BCUT2D eigenvalue weighted by Gasteiger charge is -2.32. The molecule has 2 aliphatic heterocycles. The Morgan fingerprint density at radius 3 is 2.32 bits per heavy atom. The summed E-state index contributed by atoms with van der Waals surface area (Å²) in [6.45, 7) is 6.50. The van der Waals surface area contributed by atoms with Crippen molar-refractivity contribution in [3.05, 3.63) is 64.6 Å². The second-order valence-corrected chi connectivity index (χ2v) is 8.39. The smallest absolute Gasteiger partial charge is 0.271 e. The topological polar surface area (TPSA) is 26.8 Å². The van der Waals surface area contributed by atoms with Crippen LogP contribution in [0.2, 0.25) is 0 Å². The predicted molar refractivity (Wildman–Crippen MR) is 103 cm³/mol. The number of carbonyl (C=O) groups excluding carboxylic acids is 1. The van der Waals surface area contributed by atoms with Gasteiger partial charge in [-0.1, -0.05) is 46.3 Å². The van der Waals surface area contributed by atoms with Gasteiger partial charge in [0.05, 0.1) is 5.54 Å². The molecule has 0 radical (unpaired) electrons. The monoisotopic (exact) mass is 399 g/mol. The van der Waals surface area contributed by atoms with Gasteiger partial charge in [0.25, 0.3) is 0 Å². The minimum absolute atomic E-state index is 0.0495. The van der Waals surface area contributed by atoms with Gasteiger partial charge >= 0.3 is 6.03 Å². The highest BCUT2D eigenvalue weighted by Crippen LogP contribution is 2.48. The van der Waals surface area contributed by atoms with Crippen LogP contribution in [-0.2, 0) is 0 Å². The first-order valence-corrected chi connectivity index (χ1v) is 9.42. The van der Waals surface area contributed by atoms with Gasteiger partial charge in [-0.15, -0.1) is 0 Å². The molecule has 0 saturated carbocycles. The third-order valence-electron chi connectivity index (χ3n) is 5.14. The zero-order valence-electron chi connectivity index (χ0n) is 14.7. The van der Waals surface area contributed by atoms with Crippen LogP contribution in [0.3, 0.4) is 0 Å². The van der Waals surface area contributed by atoms with Crippen LogP contribution in [-0.4, -0.2) is 27.6 Å². The van der Waals surface area contributed by atoms with E-state index in [0.29, 0.717) is 6.04 Å². The van der Waals surface area contributed by atoms with Gasteiger partial charge in [-0.3, -0.25) is 4.90 Å². The van der Waals surface area contributed by atoms with Gasteiger partial charge in [-0.05, 0) is 57.0 Å². The molecule has 2 saturated heterocycles. The maximum absolute atomic E-state index is 13.4. The molecule has 2 fully saturated rings. The number of urea groups is 1. The number of carbonyl (C=O) groups is 1. The van der Waals surface area contributed by atoms with E-state index in [9.17, 15) is 4.79 Å². The number of hydrogen-bond donors (Lipinski definition) is 0. The first kappa shape index (κ1) is 16.6. The Balaban J connectivity index is 1.86. The van der Waals surface area contributed by atoms with Crippen LogP contribution >= 0.6 is 15.9 Å². The van der Waals surface area contributed by atoms with Gasteiger partial charge in [0.2, 0.25) is 0 Å². The van der Waals surface area contributed by atoms with Gasteiger partial charge < -0.3 is 0 Å². The van der Waals surface area contributed by atoms with Crippen molar-refractivity contribution in [1.29, 1.82) is 0 Å². The summed E-state index contributed by atoms with van der Waals surface area (Å²) in [5, 5.41) is 4.20. The van der Waals surface area contributed by atoms with Crippen LogP contribution in [0.15, 0.2) is 59.1 Å². The van der Waals surface area contributed by atoms with Crippen molar-refractivity contribution in [2.75, 3.05) is 4.90 Å². The van der Waals surface area contributed by atoms with E-state index >= 15 is 0 Å². The molecule has 0 aliphatic carbocycles. The van der Waals surface area contributed by atoms with Crippen molar-refractivity contribution in [3.8, 4) is 0 Å². The van der Waals surface area contributed by atoms with E-state index in [1.165, 1.54) is 0 Å². The zero-order chi connectivity index (χ0) is 17.8. The SMILES string of the molecule is C[C@H]1CC(C)(C)N2C(=O)N(c3ccccc3)[C@@H](c3ccc(Br)cc3)N12. The normalized spacial score (nSPS) is 25.5.